The highest BCUT2D eigenvalue weighted by atomic mass is 32.2. The summed E-state index contributed by atoms with van der Waals surface area (Å²) in [6.07, 6.45) is 5.42. The molecule has 7 heteroatoms. The summed E-state index contributed by atoms with van der Waals surface area (Å²) >= 11 is 1.00. The molecule has 0 aliphatic heterocycles. The maximum atomic E-state index is 12.3. The molecule has 0 spiro atoms. The van der Waals surface area contributed by atoms with Crippen LogP contribution in [0, 0.1) is 12.8 Å². The van der Waals surface area contributed by atoms with E-state index in [4.69, 9.17) is 5.14 Å². The van der Waals surface area contributed by atoms with Crippen LogP contribution in [0.25, 0.3) is 0 Å². The van der Waals surface area contributed by atoms with Crippen LogP contribution in [0.5, 0.6) is 0 Å². The maximum absolute atomic E-state index is 12.3. The van der Waals surface area contributed by atoms with E-state index in [0.717, 1.165) is 37.0 Å². The van der Waals surface area contributed by atoms with Gasteiger partial charge in [0.05, 0.1) is 5.56 Å². The minimum Gasteiger partial charge on any atom is -0.349 e. The molecule has 1 aliphatic carbocycles. The Labute approximate surface area is 130 Å². The van der Waals surface area contributed by atoms with Crippen LogP contribution >= 0.6 is 11.3 Å². The van der Waals surface area contributed by atoms with Crippen molar-refractivity contribution in [2.75, 3.05) is 0 Å². The Kier molecular flexibility index (Phi) is 5.06. The molecule has 1 amide bonds. The van der Waals surface area contributed by atoms with Gasteiger partial charge in [0.15, 0.2) is 0 Å². The van der Waals surface area contributed by atoms with Gasteiger partial charge in [-0.25, -0.2) is 13.6 Å². The van der Waals surface area contributed by atoms with Gasteiger partial charge in [-0.1, -0.05) is 19.8 Å². The summed E-state index contributed by atoms with van der Waals surface area (Å²) in [6, 6.07) is 0.180. The van der Waals surface area contributed by atoms with Crippen LogP contribution in [0.2, 0.25) is 0 Å². The highest BCUT2D eigenvalue weighted by Crippen LogP contribution is 2.27. The number of carbonyl (C=O) groups is 1. The second-order valence-corrected chi connectivity index (χ2v) is 8.53. The summed E-state index contributed by atoms with van der Waals surface area (Å²) < 4.78 is 22.9. The summed E-state index contributed by atoms with van der Waals surface area (Å²) in [5, 5.41) is 9.75. The van der Waals surface area contributed by atoms with Crippen molar-refractivity contribution in [2.45, 2.75) is 56.2 Å². The van der Waals surface area contributed by atoms with Gasteiger partial charge in [0.1, 0.15) is 4.21 Å². The summed E-state index contributed by atoms with van der Waals surface area (Å²) in [4.78, 5) is 12.3. The zero-order chi connectivity index (χ0) is 15.6. The standard InChI is InChI=1S/C14H22N2O3S2/c1-9-4-3-5-11(7-6-9)16-13(17)12-8-20-14(10(12)2)21(15,18)19/h8-9,11H,3-7H2,1-2H3,(H,16,17)(H2,15,18,19). The zero-order valence-electron chi connectivity index (χ0n) is 12.4. The molecular weight excluding hydrogens is 308 g/mol. The predicted octanol–water partition coefficient (Wildman–Crippen LogP) is 2.40. The van der Waals surface area contributed by atoms with Crippen LogP contribution in [-0.2, 0) is 10.0 Å². The van der Waals surface area contributed by atoms with E-state index in [1.165, 1.54) is 6.42 Å². The van der Waals surface area contributed by atoms with E-state index in [9.17, 15) is 13.2 Å². The smallest absolute Gasteiger partial charge is 0.252 e. The Balaban J connectivity index is 2.09. The van der Waals surface area contributed by atoms with Crippen molar-refractivity contribution in [2.24, 2.45) is 11.1 Å². The van der Waals surface area contributed by atoms with Crippen molar-refractivity contribution in [3.8, 4) is 0 Å². The van der Waals surface area contributed by atoms with Gasteiger partial charge in [-0.05, 0) is 37.7 Å². The van der Waals surface area contributed by atoms with Crippen molar-refractivity contribution in [3.63, 3.8) is 0 Å². The normalized spacial score (nSPS) is 23.6. The fraction of sp³-hybridized carbons (Fsp3) is 0.643. The lowest BCUT2D eigenvalue weighted by atomic mass is 10.0. The minimum atomic E-state index is -3.75. The topological polar surface area (TPSA) is 89.3 Å². The van der Waals surface area contributed by atoms with E-state index < -0.39 is 10.0 Å². The van der Waals surface area contributed by atoms with Gasteiger partial charge >= 0.3 is 0 Å². The van der Waals surface area contributed by atoms with Crippen molar-refractivity contribution in [1.29, 1.82) is 0 Å². The largest absolute Gasteiger partial charge is 0.349 e. The number of thiophene rings is 1. The number of rotatable bonds is 3. The molecule has 2 rings (SSSR count). The van der Waals surface area contributed by atoms with E-state index in [1.54, 1.807) is 12.3 Å². The third-order valence-corrected chi connectivity index (χ3v) is 6.77. The first-order valence-electron chi connectivity index (χ1n) is 7.20. The lowest BCUT2D eigenvalue weighted by molar-refractivity contribution is 0.0933. The summed E-state index contributed by atoms with van der Waals surface area (Å²) in [5.74, 6) is 0.516. The number of primary sulfonamides is 1. The Hall–Kier alpha value is -0.920. The van der Waals surface area contributed by atoms with Crippen LogP contribution in [0.15, 0.2) is 9.59 Å². The molecular formula is C14H22N2O3S2. The van der Waals surface area contributed by atoms with E-state index in [2.05, 4.69) is 12.2 Å². The molecule has 21 heavy (non-hydrogen) atoms. The number of amides is 1. The molecule has 1 heterocycles. The quantitative estimate of drug-likeness (QED) is 0.834. The van der Waals surface area contributed by atoms with E-state index in [-0.39, 0.29) is 16.2 Å². The molecule has 2 unspecified atom stereocenters. The second kappa shape index (κ2) is 6.46. The molecule has 1 aromatic heterocycles. The summed E-state index contributed by atoms with van der Waals surface area (Å²) in [5.41, 5.74) is 0.864. The van der Waals surface area contributed by atoms with Gasteiger partial charge in [0.2, 0.25) is 10.0 Å². The van der Waals surface area contributed by atoms with Crippen LogP contribution in [0.1, 0.15) is 54.9 Å². The van der Waals surface area contributed by atoms with Crippen LogP contribution in [-0.4, -0.2) is 20.4 Å². The average molecular weight is 330 g/mol. The molecule has 1 aromatic rings. The number of sulfonamides is 1. The molecule has 0 radical (unpaired) electrons. The molecule has 1 fully saturated rings. The highest BCUT2D eigenvalue weighted by molar-refractivity contribution is 7.91. The second-order valence-electron chi connectivity index (χ2n) is 5.89. The van der Waals surface area contributed by atoms with Gasteiger partial charge < -0.3 is 5.32 Å². The first-order chi connectivity index (χ1) is 9.79. The van der Waals surface area contributed by atoms with Crippen molar-refractivity contribution >= 4 is 27.3 Å². The van der Waals surface area contributed by atoms with E-state index >= 15 is 0 Å². The Morgan fingerprint density at radius 2 is 2.05 bits per heavy atom. The molecule has 118 valence electrons. The number of nitrogens with one attached hydrogen (secondary N) is 1. The lowest BCUT2D eigenvalue weighted by Gasteiger charge is -2.16. The molecule has 1 aliphatic rings. The number of nitrogens with two attached hydrogens (primary N) is 1. The fourth-order valence-corrected chi connectivity index (χ4v) is 4.81. The van der Waals surface area contributed by atoms with Crippen LogP contribution in [0.3, 0.4) is 0 Å². The van der Waals surface area contributed by atoms with Gasteiger partial charge in [0, 0.05) is 11.4 Å². The first kappa shape index (κ1) is 16.5. The van der Waals surface area contributed by atoms with Gasteiger partial charge in [-0.2, -0.15) is 0 Å². The van der Waals surface area contributed by atoms with Crippen molar-refractivity contribution < 1.29 is 13.2 Å². The monoisotopic (exact) mass is 330 g/mol. The molecule has 0 saturated heterocycles. The first-order valence-corrected chi connectivity index (χ1v) is 9.63. The molecule has 5 nitrogen and oxygen atoms in total. The molecule has 3 N–H and O–H groups in total. The van der Waals surface area contributed by atoms with Crippen LogP contribution in [0.4, 0.5) is 0 Å². The summed E-state index contributed by atoms with van der Waals surface area (Å²) in [6.45, 7) is 3.87. The van der Waals surface area contributed by atoms with E-state index in [1.807, 2.05) is 0 Å². The summed E-state index contributed by atoms with van der Waals surface area (Å²) in [7, 11) is -3.75. The fourth-order valence-electron chi connectivity index (χ4n) is 2.80. The maximum Gasteiger partial charge on any atom is 0.252 e. The Morgan fingerprint density at radius 3 is 2.67 bits per heavy atom. The Morgan fingerprint density at radius 1 is 1.33 bits per heavy atom. The molecule has 2 atom stereocenters. The van der Waals surface area contributed by atoms with E-state index in [0.29, 0.717) is 17.0 Å². The zero-order valence-corrected chi connectivity index (χ0v) is 14.0. The number of carbonyl (C=O) groups excluding carboxylic acids is 1. The average Bonchev–Trinajstić information content (AvgIpc) is 2.66. The number of hydrogen-bond acceptors (Lipinski definition) is 4. The van der Waals surface area contributed by atoms with Gasteiger partial charge in [-0.3, -0.25) is 4.79 Å². The van der Waals surface area contributed by atoms with Crippen molar-refractivity contribution in [3.05, 3.63) is 16.5 Å². The molecule has 1 saturated carbocycles. The van der Waals surface area contributed by atoms with Gasteiger partial charge in [0.25, 0.3) is 5.91 Å². The van der Waals surface area contributed by atoms with Crippen molar-refractivity contribution in [1.82, 2.24) is 5.32 Å². The predicted molar refractivity (Wildman–Crippen MR) is 83.9 cm³/mol. The number of hydrogen-bond donors (Lipinski definition) is 2. The SMILES string of the molecule is Cc1c(C(=O)NC2CCCC(C)CC2)csc1S(N)(=O)=O. The highest BCUT2D eigenvalue weighted by Gasteiger charge is 2.23. The van der Waals surface area contributed by atoms with Gasteiger partial charge in [-0.15, -0.1) is 11.3 Å². The van der Waals surface area contributed by atoms with Crippen LogP contribution < -0.4 is 10.5 Å². The third kappa shape index (κ3) is 4.05. The molecule has 0 aromatic carbocycles. The minimum absolute atomic E-state index is 0.0714. The Bertz CT molecular complexity index is 622. The lowest BCUT2D eigenvalue weighted by Crippen LogP contribution is -2.34. The third-order valence-electron chi connectivity index (χ3n) is 4.09. The molecule has 0 bridgehead atoms.